The van der Waals surface area contributed by atoms with Gasteiger partial charge in [-0.1, -0.05) is 34.1 Å². The van der Waals surface area contributed by atoms with E-state index in [1.165, 1.54) is 10.4 Å². The second kappa shape index (κ2) is 7.80. The smallest absolute Gasteiger partial charge is 0.0300 e. The Morgan fingerprint density at radius 1 is 1.21 bits per heavy atom. The summed E-state index contributed by atoms with van der Waals surface area (Å²) in [6.07, 6.45) is 0. The lowest BCUT2D eigenvalue weighted by Gasteiger charge is -2.17. The van der Waals surface area contributed by atoms with E-state index < -0.39 is 0 Å². The fourth-order valence-electron chi connectivity index (χ4n) is 1.88. The van der Waals surface area contributed by atoms with Crippen molar-refractivity contribution in [3.8, 4) is 0 Å². The van der Waals surface area contributed by atoms with E-state index in [2.05, 4.69) is 75.0 Å². The van der Waals surface area contributed by atoms with Crippen LogP contribution in [0.4, 0.5) is 0 Å². The molecule has 0 fully saturated rings. The molecule has 0 saturated heterocycles. The van der Waals surface area contributed by atoms with E-state index in [-0.39, 0.29) is 0 Å². The molecule has 1 aromatic carbocycles. The van der Waals surface area contributed by atoms with Crippen LogP contribution in [0.15, 0.2) is 46.3 Å². The normalized spacial score (nSPS) is 11.1. The lowest BCUT2D eigenvalue weighted by atomic mass is 10.2. The highest BCUT2D eigenvalue weighted by Gasteiger charge is 2.00. The number of nitrogens with zero attached hydrogens (tertiary/aromatic N) is 1. The van der Waals surface area contributed by atoms with Crippen molar-refractivity contribution >= 4 is 27.3 Å². The number of rotatable bonds is 7. The maximum Gasteiger partial charge on any atom is 0.0300 e. The van der Waals surface area contributed by atoms with Gasteiger partial charge in [0.05, 0.1) is 0 Å². The molecule has 4 heteroatoms. The van der Waals surface area contributed by atoms with Gasteiger partial charge in [0.15, 0.2) is 0 Å². The molecule has 1 heterocycles. The zero-order valence-electron chi connectivity index (χ0n) is 11.1. The van der Waals surface area contributed by atoms with Gasteiger partial charge in [0.1, 0.15) is 0 Å². The van der Waals surface area contributed by atoms with Crippen LogP contribution < -0.4 is 5.32 Å². The zero-order valence-corrected chi connectivity index (χ0v) is 13.5. The van der Waals surface area contributed by atoms with E-state index in [4.69, 9.17) is 0 Å². The summed E-state index contributed by atoms with van der Waals surface area (Å²) >= 11 is 5.26. The summed E-state index contributed by atoms with van der Waals surface area (Å²) in [7, 11) is 2.16. The predicted octanol–water partition coefficient (Wildman–Crippen LogP) is 3.73. The molecule has 0 atom stereocenters. The van der Waals surface area contributed by atoms with Gasteiger partial charge in [-0.15, -0.1) is 11.3 Å². The van der Waals surface area contributed by atoms with Crippen molar-refractivity contribution in [1.29, 1.82) is 0 Å². The van der Waals surface area contributed by atoms with E-state index in [0.717, 1.165) is 30.7 Å². The van der Waals surface area contributed by atoms with Crippen LogP contribution >= 0.6 is 27.3 Å². The third-order valence-corrected chi connectivity index (χ3v) is 4.32. The SMILES string of the molecule is CN(CCNCc1cccs1)Cc1ccc(Br)cc1. The second-order valence-electron chi connectivity index (χ2n) is 4.62. The Morgan fingerprint density at radius 2 is 2.00 bits per heavy atom. The standard InChI is InChI=1S/C15H19BrN2S/c1-18(12-13-4-6-14(16)7-5-13)9-8-17-11-15-3-2-10-19-15/h2-7,10,17H,8-9,11-12H2,1H3. The minimum atomic E-state index is 0.976. The number of hydrogen-bond donors (Lipinski definition) is 1. The maximum absolute atomic E-state index is 3.47. The molecule has 2 aromatic rings. The zero-order chi connectivity index (χ0) is 13.5. The van der Waals surface area contributed by atoms with Crippen molar-refractivity contribution < 1.29 is 0 Å². The van der Waals surface area contributed by atoms with Crippen molar-refractivity contribution in [3.63, 3.8) is 0 Å². The average Bonchev–Trinajstić information content (AvgIpc) is 2.91. The molecule has 0 aliphatic rings. The summed E-state index contributed by atoms with van der Waals surface area (Å²) in [5.41, 5.74) is 1.35. The Morgan fingerprint density at radius 3 is 2.68 bits per heavy atom. The highest BCUT2D eigenvalue weighted by molar-refractivity contribution is 9.10. The van der Waals surface area contributed by atoms with Crippen LogP contribution in [0.1, 0.15) is 10.4 Å². The van der Waals surface area contributed by atoms with E-state index in [9.17, 15) is 0 Å². The van der Waals surface area contributed by atoms with Gasteiger partial charge in [-0.3, -0.25) is 0 Å². The summed E-state index contributed by atoms with van der Waals surface area (Å²) < 4.78 is 1.14. The molecule has 0 radical (unpaired) electrons. The van der Waals surface area contributed by atoms with E-state index in [1.807, 2.05) is 0 Å². The molecule has 0 spiro atoms. The van der Waals surface area contributed by atoms with Crippen LogP contribution in [-0.2, 0) is 13.1 Å². The monoisotopic (exact) mass is 338 g/mol. The first kappa shape index (κ1) is 14.7. The molecule has 2 nitrogen and oxygen atoms in total. The van der Waals surface area contributed by atoms with E-state index >= 15 is 0 Å². The van der Waals surface area contributed by atoms with Crippen molar-refractivity contribution in [2.24, 2.45) is 0 Å². The summed E-state index contributed by atoms with van der Waals surface area (Å²) in [5, 5.41) is 5.60. The molecule has 1 aromatic heterocycles. The minimum Gasteiger partial charge on any atom is -0.311 e. The Bertz CT molecular complexity index is 467. The fraction of sp³-hybridized carbons (Fsp3) is 0.333. The quantitative estimate of drug-likeness (QED) is 0.773. The Balaban J connectivity index is 1.64. The molecular formula is C15H19BrN2S. The Hall–Kier alpha value is -0.680. The largest absolute Gasteiger partial charge is 0.311 e. The van der Waals surface area contributed by atoms with Gasteiger partial charge in [-0.05, 0) is 36.2 Å². The number of benzene rings is 1. The number of hydrogen-bond acceptors (Lipinski definition) is 3. The van der Waals surface area contributed by atoms with Crippen LogP contribution in [0.25, 0.3) is 0 Å². The van der Waals surface area contributed by atoms with Gasteiger partial charge in [-0.2, -0.15) is 0 Å². The molecule has 0 amide bonds. The fourth-order valence-corrected chi connectivity index (χ4v) is 2.81. The Kier molecular flexibility index (Phi) is 6.04. The molecule has 19 heavy (non-hydrogen) atoms. The molecule has 0 aliphatic carbocycles. The van der Waals surface area contributed by atoms with Gasteiger partial charge in [0.25, 0.3) is 0 Å². The summed E-state index contributed by atoms with van der Waals surface area (Å²) in [4.78, 5) is 3.74. The van der Waals surface area contributed by atoms with E-state index in [1.54, 1.807) is 11.3 Å². The van der Waals surface area contributed by atoms with Crippen LogP contribution in [0.3, 0.4) is 0 Å². The summed E-state index contributed by atoms with van der Waals surface area (Å²) in [6, 6.07) is 12.8. The molecule has 0 bridgehead atoms. The highest BCUT2D eigenvalue weighted by Crippen LogP contribution is 2.11. The van der Waals surface area contributed by atoms with E-state index in [0.29, 0.717) is 0 Å². The third-order valence-electron chi connectivity index (χ3n) is 2.92. The van der Waals surface area contributed by atoms with Gasteiger partial charge < -0.3 is 10.2 Å². The van der Waals surface area contributed by atoms with Crippen molar-refractivity contribution in [1.82, 2.24) is 10.2 Å². The molecule has 0 saturated carbocycles. The third kappa shape index (κ3) is 5.45. The van der Waals surface area contributed by atoms with Gasteiger partial charge in [0.2, 0.25) is 0 Å². The summed E-state index contributed by atoms with van der Waals surface area (Å²) in [5.74, 6) is 0. The number of likely N-dealkylation sites (N-methyl/N-ethyl adjacent to an activating group) is 1. The lowest BCUT2D eigenvalue weighted by molar-refractivity contribution is 0.324. The molecule has 2 rings (SSSR count). The van der Waals surface area contributed by atoms with Crippen molar-refractivity contribution in [2.45, 2.75) is 13.1 Å². The first-order chi connectivity index (χ1) is 9.24. The molecule has 0 aliphatic heterocycles. The first-order valence-corrected chi connectivity index (χ1v) is 8.07. The van der Waals surface area contributed by atoms with Crippen molar-refractivity contribution in [2.75, 3.05) is 20.1 Å². The van der Waals surface area contributed by atoms with Crippen molar-refractivity contribution in [3.05, 3.63) is 56.7 Å². The highest BCUT2D eigenvalue weighted by atomic mass is 79.9. The van der Waals surface area contributed by atoms with Crippen LogP contribution in [-0.4, -0.2) is 25.0 Å². The number of thiophene rings is 1. The topological polar surface area (TPSA) is 15.3 Å². The first-order valence-electron chi connectivity index (χ1n) is 6.40. The van der Waals surface area contributed by atoms with Crippen LogP contribution in [0.2, 0.25) is 0 Å². The van der Waals surface area contributed by atoms with Crippen LogP contribution in [0.5, 0.6) is 0 Å². The summed E-state index contributed by atoms with van der Waals surface area (Å²) in [6.45, 7) is 4.05. The maximum atomic E-state index is 3.47. The lowest BCUT2D eigenvalue weighted by Crippen LogP contribution is -2.28. The predicted molar refractivity (Wildman–Crippen MR) is 86.5 cm³/mol. The van der Waals surface area contributed by atoms with Gasteiger partial charge in [0, 0.05) is 35.5 Å². The number of nitrogens with one attached hydrogen (secondary N) is 1. The molecule has 1 N–H and O–H groups in total. The van der Waals surface area contributed by atoms with Gasteiger partial charge in [-0.25, -0.2) is 0 Å². The molecule has 102 valence electrons. The average molecular weight is 339 g/mol. The Labute approximate surface area is 127 Å². The van der Waals surface area contributed by atoms with Gasteiger partial charge >= 0.3 is 0 Å². The number of halogens is 1. The molecular weight excluding hydrogens is 320 g/mol. The second-order valence-corrected chi connectivity index (χ2v) is 6.57. The molecule has 0 unspecified atom stereocenters. The van der Waals surface area contributed by atoms with Crippen LogP contribution in [0, 0.1) is 0 Å². The minimum absolute atomic E-state index is 0.976.